The maximum absolute atomic E-state index is 9.69. The van der Waals surface area contributed by atoms with Crippen molar-refractivity contribution in [1.29, 1.82) is 0 Å². The Kier molecular flexibility index (Phi) is 6.91. The van der Waals surface area contributed by atoms with E-state index < -0.39 is 0 Å². The summed E-state index contributed by atoms with van der Waals surface area (Å²) in [6, 6.07) is 16.2. The molecule has 1 N–H and O–H groups in total. The Morgan fingerprint density at radius 2 is 1.59 bits per heavy atom. The first-order valence-electron chi connectivity index (χ1n) is 9.80. The van der Waals surface area contributed by atoms with Crippen LogP contribution in [0.4, 0.5) is 0 Å². The fourth-order valence-corrected chi connectivity index (χ4v) is 3.62. The molecular formula is C23H30N2O2. The van der Waals surface area contributed by atoms with Crippen LogP contribution < -0.4 is 4.74 Å². The van der Waals surface area contributed by atoms with E-state index >= 15 is 0 Å². The Hall–Kier alpha value is -2.30. The summed E-state index contributed by atoms with van der Waals surface area (Å²) in [7, 11) is 0. The molecule has 144 valence electrons. The number of phenolic OH excluding ortho intramolecular Hbond substituents is 1. The zero-order chi connectivity index (χ0) is 19.1. The number of phenols is 1. The second-order valence-corrected chi connectivity index (χ2v) is 7.04. The summed E-state index contributed by atoms with van der Waals surface area (Å²) in [6.07, 6.45) is 2.98. The molecule has 0 saturated carbocycles. The number of hydrogen-bond donors (Lipinski definition) is 1. The second kappa shape index (κ2) is 9.58. The molecule has 1 saturated heterocycles. The minimum Gasteiger partial charge on any atom is -0.508 e. The van der Waals surface area contributed by atoms with Crippen molar-refractivity contribution in [1.82, 2.24) is 9.80 Å². The lowest BCUT2D eigenvalue weighted by molar-refractivity contribution is 0.117. The van der Waals surface area contributed by atoms with Gasteiger partial charge in [0, 0.05) is 32.7 Å². The van der Waals surface area contributed by atoms with Crippen LogP contribution in [0, 0.1) is 0 Å². The van der Waals surface area contributed by atoms with E-state index in [1.54, 1.807) is 12.1 Å². The van der Waals surface area contributed by atoms with Gasteiger partial charge in [0.15, 0.2) is 0 Å². The van der Waals surface area contributed by atoms with Gasteiger partial charge in [-0.3, -0.25) is 9.80 Å². The van der Waals surface area contributed by atoms with E-state index in [0.29, 0.717) is 5.75 Å². The summed E-state index contributed by atoms with van der Waals surface area (Å²) >= 11 is 0. The van der Waals surface area contributed by atoms with Crippen LogP contribution in [0.2, 0.25) is 0 Å². The molecule has 0 radical (unpaired) electrons. The molecule has 1 heterocycles. The molecule has 1 aliphatic rings. The van der Waals surface area contributed by atoms with Gasteiger partial charge in [0.05, 0.1) is 12.6 Å². The van der Waals surface area contributed by atoms with E-state index in [0.717, 1.165) is 51.5 Å². The van der Waals surface area contributed by atoms with Crippen LogP contribution >= 0.6 is 0 Å². The number of aromatic hydroxyl groups is 1. The van der Waals surface area contributed by atoms with E-state index in [-0.39, 0.29) is 6.04 Å². The topological polar surface area (TPSA) is 35.9 Å². The standard InChI is InChI=1S/C23H30N2O2/c1-3-13-24-14-16-25(17-15-24)23(19-5-9-21(26)10-6-19)20-7-11-22(12-8-20)27-18-4-2/h3,5-12,23,26H,1,4,13-18H2,2H3. The van der Waals surface area contributed by atoms with Crippen molar-refractivity contribution < 1.29 is 9.84 Å². The molecule has 2 aromatic rings. The van der Waals surface area contributed by atoms with E-state index in [1.165, 1.54) is 11.1 Å². The Morgan fingerprint density at radius 1 is 1.00 bits per heavy atom. The van der Waals surface area contributed by atoms with Crippen LogP contribution in [0.25, 0.3) is 0 Å². The number of ether oxygens (including phenoxy) is 1. The molecule has 0 aliphatic carbocycles. The van der Waals surface area contributed by atoms with Crippen molar-refractivity contribution in [3.05, 3.63) is 72.3 Å². The predicted molar refractivity (Wildman–Crippen MR) is 110 cm³/mol. The Bertz CT molecular complexity index is 704. The maximum atomic E-state index is 9.69. The lowest BCUT2D eigenvalue weighted by atomic mass is 9.96. The zero-order valence-electron chi connectivity index (χ0n) is 16.2. The summed E-state index contributed by atoms with van der Waals surface area (Å²) in [5.74, 6) is 1.22. The first-order chi connectivity index (χ1) is 13.2. The van der Waals surface area contributed by atoms with Gasteiger partial charge in [0.1, 0.15) is 11.5 Å². The minimum atomic E-state index is 0.178. The third-order valence-electron chi connectivity index (χ3n) is 5.04. The first kappa shape index (κ1) is 19.5. The summed E-state index contributed by atoms with van der Waals surface area (Å²) < 4.78 is 5.74. The van der Waals surface area contributed by atoms with Gasteiger partial charge < -0.3 is 9.84 Å². The summed E-state index contributed by atoms with van der Waals surface area (Å²) in [5.41, 5.74) is 2.45. The molecule has 4 nitrogen and oxygen atoms in total. The molecular weight excluding hydrogens is 336 g/mol. The fraction of sp³-hybridized carbons (Fsp3) is 0.391. The molecule has 27 heavy (non-hydrogen) atoms. The van der Waals surface area contributed by atoms with E-state index in [2.05, 4.69) is 47.6 Å². The maximum Gasteiger partial charge on any atom is 0.119 e. The number of rotatable bonds is 8. The highest BCUT2D eigenvalue weighted by atomic mass is 16.5. The van der Waals surface area contributed by atoms with Gasteiger partial charge in [-0.1, -0.05) is 37.3 Å². The number of piperazine rings is 1. The van der Waals surface area contributed by atoms with Crippen LogP contribution in [0.5, 0.6) is 11.5 Å². The van der Waals surface area contributed by atoms with E-state index in [4.69, 9.17) is 4.74 Å². The highest BCUT2D eigenvalue weighted by Crippen LogP contribution is 2.31. The van der Waals surface area contributed by atoms with Crippen molar-refractivity contribution in [3.8, 4) is 11.5 Å². The van der Waals surface area contributed by atoms with Crippen molar-refractivity contribution in [2.24, 2.45) is 0 Å². The van der Waals surface area contributed by atoms with Gasteiger partial charge in [0.2, 0.25) is 0 Å². The number of nitrogens with zero attached hydrogens (tertiary/aromatic N) is 2. The molecule has 3 rings (SSSR count). The third-order valence-corrected chi connectivity index (χ3v) is 5.04. The monoisotopic (exact) mass is 366 g/mol. The molecule has 4 heteroatoms. The Labute approximate surface area is 162 Å². The molecule has 0 spiro atoms. The Balaban J connectivity index is 1.82. The van der Waals surface area contributed by atoms with Crippen LogP contribution in [0.15, 0.2) is 61.2 Å². The van der Waals surface area contributed by atoms with Crippen LogP contribution in [-0.2, 0) is 0 Å². The van der Waals surface area contributed by atoms with Gasteiger partial charge in [-0.05, 0) is 41.8 Å². The molecule has 2 aromatic carbocycles. The summed E-state index contributed by atoms with van der Waals surface area (Å²) in [4.78, 5) is 4.95. The van der Waals surface area contributed by atoms with Crippen molar-refractivity contribution in [2.45, 2.75) is 19.4 Å². The average Bonchev–Trinajstić information content (AvgIpc) is 2.70. The van der Waals surface area contributed by atoms with Crippen molar-refractivity contribution >= 4 is 0 Å². The van der Waals surface area contributed by atoms with E-state index in [9.17, 15) is 5.11 Å². The first-order valence-corrected chi connectivity index (χ1v) is 9.80. The zero-order valence-corrected chi connectivity index (χ0v) is 16.2. The van der Waals surface area contributed by atoms with Gasteiger partial charge in [0.25, 0.3) is 0 Å². The van der Waals surface area contributed by atoms with Crippen molar-refractivity contribution in [2.75, 3.05) is 39.3 Å². The van der Waals surface area contributed by atoms with Gasteiger partial charge in [-0.25, -0.2) is 0 Å². The van der Waals surface area contributed by atoms with Crippen LogP contribution in [-0.4, -0.2) is 54.2 Å². The lowest BCUT2D eigenvalue weighted by Gasteiger charge is -2.39. The fourth-order valence-electron chi connectivity index (χ4n) is 3.62. The van der Waals surface area contributed by atoms with Gasteiger partial charge in [-0.15, -0.1) is 6.58 Å². The van der Waals surface area contributed by atoms with E-state index in [1.807, 2.05) is 18.2 Å². The molecule has 1 fully saturated rings. The van der Waals surface area contributed by atoms with Gasteiger partial charge >= 0.3 is 0 Å². The molecule has 0 amide bonds. The lowest BCUT2D eigenvalue weighted by Crippen LogP contribution is -2.47. The molecule has 1 unspecified atom stereocenters. The number of benzene rings is 2. The van der Waals surface area contributed by atoms with Crippen LogP contribution in [0.1, 0.15) is 30.5 Å². The SMILES string of the molecule is C=CCN1CCN(C(c2ccc(O)cc2)c2ccc(OCCC)cc2)CC1. The normalized spacial score (nSPS) is 16.8. The quantitative estimate of drug-likeness (QED) is 0.715. The highest BCUT2D eigenvalue weighted by Gasteiger charge is 2.26. The van der Waals surface area contributed by atoms with Crippen LogP contribution in [0.3, 0.4) is 0 Å². The summed E-state index contributed by atoms with van der Waals surface area (Å²) in [5, 5.41) is 9.69. The Morgan fingerprint density at radius 3 is 2.15 bits per heavy atom. The van der Waals surface area contributed by atoms with Crippen molar-refractivity contribution in [3.63, 3.8) is 0 Å². The average molecular weight is 367 g/mol. The molecule has 1 aliphatic heterocycles. The highest BCUT2D eigenvalue weighted by molar-refractivity contribution is 5.37. The molecule has 0 aromatic heterocycles. The molecule has 0 bridgehead atoms. The second-order valence-electron chi connectivity index (χ2n) is 7.04. The predicted octanol–water partition coefficient (Wildman–Crippen LogP) is 4.07. The minimum absolute atomic E-state index is 0.178. The van der Waals surface area contributed by atoms with Gasteiger partial charge in [-0.2, -0.15) is 0 Å². The number of hydrogen-bond acceptors (Lipinski definition) is 4. The third kappa shape index (κ3) is 5.12. The summed E-state index contributed by atoms with van der Waals surface area (Å²) in [6.45, 7) is 11.7. The smallest absolute Gasteiger partial charge is 0.119 e. The largest absolute Gasteiger partial charge is 0.508 e. The molecule has 1 atom stereocenters.